The average molecular weight is 201 g/mol. The van der Waals surface area contributed by atoms with Gasteiger partial charge in [0.15, 0.2) is 0 Å². The Labute approximate surface area is 81.5 Å². The molecule has 1 atom stereocenters. The van der Waals surface area contributed by atoms with Crippen LogP contribution in [0, 0.1) is 5.82 Å². The maximum Gasteiger partial charge on any atom is 0.142 e. The fourth-order valence-electron chi connectivity index (χ4n) is 1.01. The molecule has 1 aromatic carbocycles. The molecule has 0 bridgehead atoms. The molecule has 0 radical (unpaired) electrons. The van der Waals surface area contributed by atoms with Crippen LogP contribution in [-0.4, -0.2) is 5.11 Å². The second kappa shape index (κ2) is 4.40. The van der Waals surface area contributed by atoms with Crippen molar-refractivity contribution in [3.8, 4) is 0 Å². The van der Waals surface area contributed by atoms with Crippen LogP contribution in [0.5, 0.6) is 0 Å². The molecule has 0 aliphatic heterocycles. The minimum absolute atomic E-state index is 0.0644. The molecule has 0 aromatic heterocycles. The van der Waals surface area contributed by atoms with E-state index in [1.807, 2.05) is 0 Å². The van der Waals surface area contributed by atoms with E-state index in [0.717, 1.165) is 0 Å². The zero-order valence-electron chi connectivity index (χ0n) is 7.00. The molecule has 3 heteroatoms. The third kappa shape index (κ3) is 2.54. The zero-order chi connectivity index (χ0) is 9.84. The Morgan fingerprint density at radius 2 is 2.31 bits per heavy atom. The molecular formula is C10H10ClFO. The fourth-order valence-corrected chi connectivity index (χ4v) is 1.13. The van der Waals surface area contributed by atoms with Crippen molar-refractivity contribution < 1.29 is 9.50 Å². The quantitative estimate of drug-likeness (QED) is 0.744. The van der Waals surface area contributed by atoms with Gasteiger partial charge in [-0.1, -0.05) is 23.7 Å². The SMILES string of the molecule is C=CC[C@@H](O)c1ccc(Cl)c(F)c1. The van der Waals surface area contributed by atoms with Crippen LogP contribution in [0.1, 0.15) is 18.1 Å². The van der Waals surface area contributed by atoms with Crippen LogP contribution >= 0.6 is 11.6 Å². The molecule has 1 rings (SSSR count). The average Bonchev–Trinajstić information content (AvgIpc) is 2.10. The van der Waals surface area contributed by atoms with Gasteiger partial charge in [0.2, 0.25) is 0 Å². The first kappa shape index (κ1) is 10.2. The summed E-state index contributed by atoms with van der Waals surface area (Å²) in [6, 6.07) is 4.26. The molecule has 0 fully saturated rings. The highest BCUT2D eigenvalue weighted by Crippen LogP contribution is 2.22. The minimum Gasteiger partial charge on any atom is -0.388 e. The van der Waals surface area contributed by atoms with Crippen molar-refractivity contribution in [2.45, 2.75) is 12.5 Å². The summed E-state index contributed by atoms with van der Waals surface area (Å²) in [5.74, 6) is -0.512. The van der Waals surface area contributed by atoms with E-state index in [0.29, 0.717) is 12.0 Å². The van der Waals surface area contributed by atoms with Crippen LogP contribution in [0.25, 0.3) is 0 Å². The van der Waals surface area contributed by atoms with E-state index in [2.05, 4.69) is 6.58 Å². The van der Waals surface area contributed by atoms with Gasteiger partial charge < -0.3 is 5.11 Å². The third-order valence-electron chi connectivity index (χ3n) is 1.72. The fraction of sp³-hybridized carbons (Fsp3) is 0.200. The zero-order valence-corrected chi connectivity index (χ0v) is 7.76. The lowest BCUT2D eigenvalue weighted by atomic mass is 10.1. The highest BCUT2D eigenvalue weighted by atomic mass is 35.5. The van der Waals surface area contributed by atoms with Gasteiger partial charge in [-0.25, -0.2) is 4.39 Å². The molecule has 1 nitrogen and oxygen atoms in total. The second-order valence-electron chi connectivity index (χ2n) is 2.71. The van der Waals surface area contributed by atoms with Crippen molar-refractivity contribution in [2.24, 2.45) is 0 Å². The second-order valence-corrected chi connectivity index (χ2v) is 3.12. The van der Waals surface area contributed by atoms with E-state index in [1.165, 1.54) is 12.1 Å². The molecule has 0 heterocycles. The molecule has 0 aliphatic rings. The number of rotatable bonds is 3. The number of aliphatic hydroxyl groups is 1. The molecule has 1 aromatic rings. The summed E-state index contributed by atoms with van der Waals surface area (Å²) in [6.07, 6.45) is 1.28. The molecule has 70 valence electrons. The van der Waals surface area contributed by atoms with Gasteiger partial charge in [-0.05, 0) is 24.1 Å². The Balaban J connectivity index is 2.89. The number of benzene rings is 1. The van der Waals surface area contributed by atoms with Gasteiger partial charge in [-0.2, -0.15) is 0 Å². The van der Waals surface area contributed by atoms with E-state index < -0.39 is 11.9 Å². The van der Waals surface area contributed by atoms with Crippen molar-refractivity contribution in [3.63, 3.8) is 0 Å². The summed E-state index contributed by atoms with van der Waals surface area (Å²) in [4.78, 5) is 0. The standard InChI is InChI=1S/C10H10ClFO/c1-2-3-10(13)7-4-5-8(11)9(12)6-7/h2,4-6,10,13H,1,3H2/t10-/m1/s1. The van der Waals surface area contributed by atoms with Crippen LogP contribution in [-0.2, 0) is 0 Å². The Morgan fingerprint density at radius 3 is 2.85 bits per heavy atom. The molecule has 0 unspecified atom stereocenters. The molecule has 0 spiro atoms. The van der Waals surface area contributed by atoms with Gasteiger partial charge in [0.05, 0.1) is 11.1 Å². The van der Waals surface area contributed by atoms with Gasteiger partial charge in [-0.3, -0.25) is 0 Å². The van der Waals surface area contributed by atoms with Crippen LogP contribution < -0.4 is 0 Å². The summed E-state index contributed by atoms with van der Waals surface area (Å²) in [5.41, 5.74) is 0.516. The normalized spacial score (nSPS) is 12.5. The van der Waals surface area contributed by atoms with Crippen LogP contribution in [0.3, 0.4) is 0 Å². The highest BCUT2D eigenvalue weighted by Gasteiger charge is 2.07. The van der Waals surface area contributed by atoms with Crippen molar-refractivity contribution in [1.82, 2.24) is 0 Å². The van der Waals surface area contributed by atoms with E-state index in [4.69, 9.17) is 11.6 Å². The van der Waals surface area contributed by atoms with Crippen molar-refractivity contribution in [3.05, 3.63) is 47.3 Å². The summed E-state index contributed by atoms with van der Waals surface area (Å²) < 4.78 is 12.9. The summed E-state index contributed by atoms with van der Waals surface area (Å²) in [6.45, 7) is 3.49. The Hall–Kier alpha value is -0.860. The first-order valence-corrected chi connectivity index (χ1v) is 4.27. The van der Waals surface area contributed by atoms with Crippen molar-refractivity contribution >= 4 is 11.6 Å². The number of hydrogen-bond donors (Lipinski definition) is 1. The molecule has 13 heavy (non-hydrogen) atoms. The van der Waals surface area contributed by atoms with Crippen LogP contribution in [0.4, 0.5) is 4.39 Å². The number of aliphatic hydroxyl groups excluding tert-OH is 1. The molecule has 0 saturated heterocycles. The first-order chi connectivity index (χ1) is 6.15. The lowest BCUT2D eigenvalue weighted by Crippen LogP contribution is -1.96. The topological polar surface area (TPSA) is 20.2 Å². The largest absolute Gasteiger partial charge is 0.388 e. The summed E-state index contributed by atoms with van der Waals surface area (Å²) in [7, 11) is 0. The molecule has 0 saturated carbocycles. The van der Waals surface area contributed by atoms with Crippen LogP contribution in [0.15, 0.2) is 30.9 Å². The third-order valence-corrected chi connectivity index (χ3v) is 2.02. The van der Waals surface area contributed by atoms with Crippen molar-refractivity contribution in [2.75, 3.05) is 0 Å². The Kier molecular flexibility index (Phi) is 3.46. The van der Waals surface area contributed by atoms with E-state index in [9.17, 15) is 9.50 Å². The number of halogens is 2. The molecule has 0 amide bonds. The lowest BCUT2D eigenvalue weighted by Gasteiger charge is -2.08. The van der Waals surface area contributed by atoms with Gasteiger partial charge in [0, 0.05) is 0 Å². The van der Waals surface area contributed by atoms with Gasteiger partial charge in [0.25, 0.3) is 0 Å². The molecule has 0 aliphatic carbocycles. The molecule has 1 N–H and O–H groups in total. The van der Waals surface area contributed by atoms with Crippen molar-refractivity contribution in [1.29, 1.82) is 0 Å². The maximum absolute atomic E-state index is 12.9. The van der Waals surface area contributed by atoms with Gasteiger partial charge >= 0.3 is 0 Å². The van der Waals surface area contributed by atoms with Gasteiger partial charge in [-0.15, -0.1) is 6.58 Å². The lowest BCUT2D eigenvalue weighted by molar-refractivity contribution is 0.181. The van der Waals surface area contributed by atoms with E-state index in [1.54, 1.807) is 12.1 Å². The smallest absolute Gasteiger partial charge is 0.142 e. The number of hydrogen-bond acceptors (Lipinski definition) is 1. The predicted octanol–water partition coefficient (Wildman–Crippen LogP) is 3.09. The minimum atomic E-state index is -0.704. The molecular weight excluding hydrogens is 191 g/mol. The van der Waals surface area contributed by atoms with E-state index >= 15 is 0 Å². The summed E-state index contributed by atoms with van der Waals surface area (Å²) in [5, 5.41) is 9.52. The van der Waals surface area contributed by atoms with Gasteiger partial charge in [0.1, 0.15) is 5.82 Å². The predicted molar refractivity (Wildman–Crippen MR) is 51.2 cm³/mol. The van der Waals surface area contributed by atoms with Crippen LogP contribution in [0.2, 0.25) is 5.02 Å². The monoisotopic (exact) mass is 200 g/mol. The van der Waals surface area contributed by atoms with E-state index in [-0.39, 0.29) is 5.02 Å². The maximum atomic E-state index is 12.9. The first-order valence-electron chi connectivity index (χ1n) is 3.89. The Bertz CT molecular complexity index is 312. The highest BCUT2D eigenvalue weighted by molar-refractivity contribution is 6.30. The Morgan fingerprint density at radius 1 is 1.62 bits per heavy atom. The summed E-state index contributed by atoms with van der Waals surface area (Å²) >= 11 is 5.49.